The molecule has 0 saturated heterocycles. The fraction of sp³-hybridized carbons (Fsp3) is 0.250. The number of fused-ring (bicyclic) bond motifs is 1. The van der Waals surface area contributed by atoms with Gasteiger partial charge in [-0.2, -0.15) is 0 Å². The first-order valence-electron chi connectivity index (χ1n) is 10.3. The van der Waals surface area contributed by atoms with Crippen LogP contribution in [0, 0.1) is 0 Å². The summed E-state index contributed by atoms with van der Waals surface area (Å²) in [6, 6.07) is 11.9. The maximum Gasteiger partial charge on any atom is 0.331 e. The van der Waals surface area contributed by atoms with E-state index in [1.807, 2.05) is 12.1 Å². The van der Waals surface area contributed by atoms with Gasteiger partial charge >= 0.3 is 11.7 Å². The molecule has 3 aromatic rings. The van der Waals surface area contributed by atoms with Crippen molar-refractivity contribution in [3.05, 3.63) is 86.6 Å². The maximum atomic E-state index is 13.0. The summed E-state index contributed by atoms with van der Waals surface area (Å²) >= 11 is 0. The second-order valence-electron chi connectivity index (χ2n) is 7.17. The summed E-state index contributed by atoms with van der Waals surface area (Å²) in [6.07, 6.45) is 2.56. The molecule has 3 rings (SSSR count). The Kier molecular flexibility index (Phi) is 7.45. The third-order valence-corrected chi connectivity index (χ3v) is 5.05. The van der Waals surface area contributed by atoms with Gasteiger partial charge in [0.05, 0.1) is 24.6 Å². The largest absolute Gasteiger partial charge is 0.497 e. The number of hydrogen-bond acceptors (Lipinski definition) is 6. The number of aromatic nitrogens is 2. The molecule has 33 heavy (non-hydrogen) atoms. The lowest BCUT2D eigenvalue weighted by Gasteiger charge is -2.11. The Hall–Kier alpha value is -4.14. The molecule has 0 atom stereocenters. The van der Waals surface area contributed by atoms with Crippen molar-refractivity contribution in [3.8, 4) is 5.75 Å². The van der Waals surface area contributed by atoms with E-state index in [1.165, 1.54) is 22.8 Å². The number of ether oxygens (including phenoxy) is 2. The van der Waals surface area contributed by atoms with Gasteiger partial charge in [-0.15, -0.1) is 0 Å². The number of nitrogens with one attached hydrogen (secondary N) is 1. The molecule has 0 aliphatic carbocycles. The molecule has 0 bridgehead atoms. The van der Waals surface area contributed by atoms with Crippen LogP contribution in [0.4, 0.5) is 0 Å². The van der Waals surface area contributed by atoms with Gasteiger partial charge in [0.2, 0.25) is 0 Å². The minimum Gasteiger partial charge on any atom is -0.497 e. The summed E-state index contributed by atoms with van der Waals surface area (Å²) in [4.78, 5) is 49.7. The number of aryl methyl sites for hydroxylation is 1. The second-order valence-corrected chi connectivity index (χ2v) is 7.17. The SMILES string of the molecule is CCOC(=O)C=CCn1c(=O)c2cc(C(=O)NCc3ccc(OC)cc3)ccc2n(C)c1=O. The number of carbonyl (C=O) groups is 2. The van der Waals surface area contributed by atoms with Crippen LogP contribution in [0.3, 0.4) is 0 Å². The Morgan fingerprint density at radius 3 is 2.48 bits per heavy atom. The quantitative estimate of drug-likeness (QED) is 0.413. The molecule has 1 aromatic heterocycles. The summed E-state index contributed by atoms with van der Waals surface area (Å²) in [6.45, 7) is 2.11. The molecule has 1 amide bonds. The first kappa shape index (κ1) is 23.5. The predicted octanol–water partition coefficient (Wildman–Crippen LogP) is 1.76. The summed E-state index contributed by atoms with van der Waals surface area (Å²) < 4.78 is 12.2. The van der Waals surface area contributed by atoms with Gasteiger partial charge in [0.15, 0.2) is 0 Å². The highest BCUT2D eigenvalue weighted by molar-refractivity contribution is 5.97. The molecule has 0 saturated carbocycles. The molecule has 0 radical (unpaired) electrons. The molecule has 0 aliphatic heterocycles. The summed E-state index contributed by atoms with van der Waals surface area (Å²) in [7, 11) is 3.12. The van der Waals surface area contributed by atoms with Crippen molar-refractivity contribution in [1.82, 2.24) is 14.5 Å². The molecule has 0 spiro atoms. The highest BCUT2D eigenvalue weighted by Crippen LogP contribution is 2.13. The normalized spacial score (nSPS) is 11.0. The van der Waals surface area contributed by atoms with Crippen LogP contribution in [0.1, 0.15) is 22.8 Å². The smallest absolute Gasteiger partial charge is 0.331 e. The van der Waals surface area contributed by atoms with Gasteiger partial charge in [-0.25, -0.2) is 9.59 Å². The molecular weight excluding hydrogens is 426 g/mol. The van der Waals surface area contributed by atoms with E-state index in [1.54, 1.807) is 45.3 Å². The van der Waals surface area contributed by atoms with Gasteiger partial charge in [0.25, 0.3) is 11.5 Å². The summed E-state index contributed by atoms with van der Waals surface area (Å²) in [5, 5.41) is 3.04. The van der Waals surface area contributed by atoms with Crippen molar-refractivity contribution >= 4 is 22.8 Å². The number of nitrogens with zero attached hydrogens (tertiary/aromatic N) is 2. The molecule has 1 heterocycles. The van der Waals surface area contributed by atoms with Gasteiger partial charge in [-0.3, -0.25) is 18.7 Å². The fourth-order valence-corrected chi connectivity index (χ4v) is 3.29. The van der Waals surface area contributed by atoms with Gasteiger partial charge in [-0.05, 0) is 42.8 Å². The second kappa shape index (κ2) is 10.4. The van der Waals surface area contributed by atoms with E-state index < -0.39 is 17.2 Å². The number of allylic oxidation sites excluding steroid dienone is 1. The number of rotatable bonds is 8. The molecule has 0 unspecified atom stereocenters. The van der Waals surface area contributed by atoms with Crippen LogP contribution in [-0.2, 0) is 29.7 Å². The Morgan fingerprint density at radius 2 is 1.82 bits per heavy atom. The Balaban J connectivity index is 1.86. The van der Waals surface area contributed by atoms with Gasteiger partial charge in [0.1, 0.15) is 5.75 Å². The van der Waals surface area contributed by atoms with Crippen molar-refractivity contribution in [2.45, 2.75) is 20.0 Å². The van der Waals surface area contributed by atoms with E-state index >= 15 is 0 Å². The van der Waals surface area contributed by atoms with E-state index in [4.69, 9.17) is 9.47 Å². The van der Waals surface area contributed by atoms with Crippen molar-refractivity contribution in [3.63, 3.8) is 0 Å². The minimum atomic E-state index is -0.557. The highest BCUT2D eigenvalue weighted by Gasteiger charge is 2.13. The summed E-state index contributed by atoms with van der Waals surface area (Å²) in [5.74, 6) is -0.188. The first-order valence-corrected chi connectivity index (χ1v) is 10.3. The third-order valence-electron chi connectivity index (χ3n) is 5.05. The molecule has 9 nitrogen and oxygen atoms in total. The van der Waals surface area contributed by atoms with E-state index in [-0.39, 0.29) is 24.4 Å². The van der Waals surface area contributed by atoms with Crippen LogP contribution < -0.4 is 21.3 Å². The molecule has 1 N–H and O–H groups in total. The molecule has 0 aliphatic rings. The Labute approximate surface area is 189 Å². The van der Waals surface area contributed by atoms with Crippen molar-refractivity contribution in [1.29, 1.82) is 0 Å². The standard InChI is InChI=1S/C24H25N3O6/c1-4-33-21(28)6-5-13-27-23(30)19-14-17(9-12-20(19)26(2)24(27)31)22(29)25-15-16-7-10-18(32-3)11-8-16/h5-12,14H,4,13,15H2,1-3H3,(H,25,29). The summed E-state index contributed by atoms with van der Waals surface area (Å²) in [5.41, 5.74) is 0.509. The number of carbonyl (C=O) groups excluding carboxylic acids is 2. The Morgan fingerprint density at radius 1 is 1.09 bits per heavy atom. The number of amides is 1. The zero-order chi connectivity index (χ0) is 24.0. The maximum absolute atomic E-state index is 13.0. The number of methoxy groups -OCH3 is 1. The van der Waals surface area contributed by atoms with Crippen molar-refractivity contribution < 1.29 is 19.1 Å². The molecule has 2 aromatic carbocycles. The van der Waals surface area contributed by atoms with Crippen LogP contribution >= 0.6 is 0 Å². The first-order chi connectivity index (χ1) is 15.8. The lowest BCUT2D eigenvalue weighted by Crippen LogP contribution is -2.39. The molecule has 9 heteroatoms. The topological polar surface area (TPSA) is 109 Å². The molecule has 0 fully saturated rings. The lowest BCUT2D eigenvalue weighted by molar-refractivity contribution is -0.137. The number of benzene rings is 2. The van der Waals surface area contributed by atoms with Crippen LogP contribution in [0.5, 0.6) is 5.75 Å². The highest BCUT2D eigenvalue weighted by atomic mass is 16.5. The Bertz CT molecular complexity index is 1320. The van der Waals surface area contributed by atoms with Crippen molar-refractivity contribution in [2.24, 2.45) is 7.05 Å². The monoisotopic (exact) mass is 451 g/mol. The lowest BCUT2D eigenvalue weighted by atomic mass is 10.1. The minimum absolute atomic E-state index is 0.103. The van der Waals surface area contributed by atoms with E-state index in [9.17, 15) is 19.2 Å². The van der Waals surface area contributed by atoms with Gasteiger partial charge in [-0.1, -0.05) is 18.2 Å². The van der Waals surface area contributed by atoms with E-state index in [0.717, 1.165) is 15.9 Å². The van der Waals surface area contributed by atoms with Crippen LogP contribution in [0.2, 0.25) is 0 Å². The van der Waals surface area contributed by atoms with Gasteiger partial charge in [0, 0.05) is 31.8 Å². The van der Waals surface area contributed by atoms with E-state index in [0.29, 0.717) is 17.6 Å². The van der Waals surface area contributed by atoms with Crippen LogP contribution in [0.15, 0.2) is 64.2 Å². The zero-order valence-corrected chi connectivity index (χ0v) is 18.7. The van der Waals surface area contributed by atoms with Crippen molar-refractivity contribution in [2.75, 3.05) is 13.7 Å². The van der Waals surface area contributed by atoms with Gasteiger partial charge < -0.3 is 14.8 Å². The fourth-order valence-electron chi connectivity index (χ4n) is 3.29. The predicted molar refractivity (Wildman–Crippen MR) is 123 cm³/mol. The number of esters is 1. The molecule has 172 valence electrons. The molecular formula is C24H25N3O6. The zero-order valence-electron chi connectivity index (χ0n) is 18.7. The van der Waals surface area contributed by atoms with Crippen LogP contribution in [0.25, 0.3) is 10.9 Å². The van der Waals surface area contributed by atoms with Crippen LogP contribution in [-0.4, -0.2) is 34.7 Å². The van der Waals surface area contributed by atoms with E-state index in [2.05, 4.69) is 5.32 Å². The average molecular weight is 451 g/mol. The number of hydrogen-bond donors (Lipinski definition) is 1. The average Bonchev–Trinajstić information content (AvgIpc) is 2.83. The third kappa shape index (κ3) is 5.38.